The van der Waals surface area contributed by atoms with E-state index >= 15 is 0 Å². The molecule has 0 fully saturated rings. The highest BCUT2D eigenvalue weighted by atomic mass is 32.1. The van der Waals surface area contributed by atoms with Gasteiger partial charge >= 0.3 is 6.18 Å². The molecule has 1 aromatic heterocycles. The van der Waals surface area contributed by atoms with Gasteiger partial charge < -0.3 is 4.90 Å². The third kappa shape index (κ3) is 4.31. The molecule has 0 radical (unpaired) electrons. The first-order valence-corrected chi connectivity index (χ1v) is 9.17. The van der Waals surface area contributed by atoms with E-state index in [-0.39, 0.29) is 22.8 Å². The van der Waals surface area contributed by atoms with Crippen molar-refractivity contribution in [2.75, 3.05) is 32.1 Å². The van der Waals surface area contributed by atoms with E-state index in [2.05, 4.69) is 4.98 Å². The zero-order valence-corrected chi connectivity index (χ0v) is 15.9. The van der Waals surface area contributed by atoms with Crippen LogP contribution in [0.2, 0.25) is 0 Å². The van der Waals surface area contributed by atoms with Gasteiger partial charge in [0.15, 0.2) is 5.13 Å². The van der Waals surface area contributed by atoms with Crippen molar-refractivity contribution < 1.29 is 22.4 Å². The standard InChI is InChI=1S/C19H17F4N3OS/c1-25(2)9-10-26(18-24-16-14(20)7-4-8-15(16)28-18)17(27)12-5-3-6-13(11-12)19(21,22)23/h3-8,11H,9-10H2,1-2H3. The second-order valence-corrected chi connectivity index (χ2v) is 7.43. The molecule has 3 rings (SSSR count). The number of carbonyl (C=O) groups excluding carboxylic acids is 1. The quantitative estimate of drug-likeness (QED) is 0.573. The van der Waals surface area contributed by atoms with Crippen molar-refractivity contribution in [3.63, 3.8) is 0 Å². The topological polar surface area (TPSA) is 36.4 Å². The third-order valence-electron chi connectivity index (χ3n) is 4.04. The Balaban J connectivity index is 2.01. The van der Waals surface area contributed by atoms with Crippen LogP contribution in [-0.2, 0) is 6.18 Å². The van der Waals surface area contributed by atoms with Gasteiger partial charge in [-0.05, 0) is 44.4 Å². The highest BCUT2D eigenvalue weighted by Crippen LogP contribution is 2.33. The summed E-state index contributed by atoms with van der Waals surface area (Å²) in [5, 5.41) is 0.240. The average molecular weight is 411 g/mol. The van der Waals surface area contributed by atoms with Crippen LogP contribution in [0.5, 0.6) is 0 Å². The number of nitrogens with zero attached hydrogens (tertiary/aromatic N) is 3. The largest absolute Gasteiger partial charge is 0.416 e. The fourth-order valence-corrected chi connectivity index (χ4v) is 3.59. The number of anilines is 1. The number of para-hydroxylation sites is 1. The monoisotopic (exact) mass is 411 g/mol. The van der Waals surface area contributed by atoms with Gasteiger partial charge in [0.25, 0.3) is 5.91 Å². The van der Waals surface area contributed by atoms with Crippen LogP contribution in [0.1, 0.15) is 15.9 Å². The minimum atomic E-state index is -4.55. The van der Waals surface area contributed by atoms with Gasteiger partial charge in [-0.1, -0.05) is 23.5 Å². The van der Waals surface area contributed by atoms with E-state index in [0.717, 1.165) is 23.5 Å². The molecule has 1 heterocycles. The summed E-state index contributed by atoms with van der Waals surface area (Å²) < 4.78 is 53.6. The summed E-state index contributed by atoms with van der Waals surface area (Å²) in [4.78, 5) is 20.4. The normalized spacial score (nSPS) is 12.0. The zero-order chi connectivity index (χ0) is 20.5. The number of rotatable bonds is 5. The molecule has 0 bridgehead atoms. The molecule has 1 amide bonds. The minimum absolute atomic E-state index is 0.103. The Morgan fingerprint density at radius 3 is 2.46 bits per heavy atom. The van der Waals surface area contributed by atoms with E-state index in [0.29, 0.717) is 11.2 Å². The van der Waals surface area contributed by atoms with Gasteiger partial charge in [-0.3, -0.25) is 9.69 Å². The summed E-state index contributed by atoms with van der Waals surface area (Å²) in [5.74, 6) is -1.13. The van der Waals surface area contributed by atoms with Gasteiger partial charge in [-0.2, -0.15) is 13.2 Å². The first kappa shape index (κ1) is 20.2. The van der Waals surface area contributed by atoms with Crippen LogP contribution in [-0.4, -0.2) is 43.0 Å². The molecule has 0 saturated heterocycles. The highest BCUT2D eigenvalue weighted by molar-refractivity contribution is 7.22. The number of alkyl halides is 3. The molecule has 9 heteroatoms. The van der Waals surface area contributed by atoms with Gasteiger partial charge in [0.2, 0.25) is 0 Å². The minimum Gasteiger partial charge on any atom is -0.308 e. The Morgan fingerprint density at radius 1 is 1.11 bits per heavy atom. The summed E-state index contributed by atoms with van der Waals surface area (Å²) in [6, 6.07) is 8.74. The summed E-state index contributed by atoms with van der Waals surface area (Å²) in [5.41, 5.74) is -0.872. The van der Waals surface area contributed by atoms with Crippen molar-refractivity contribution in [3.05, 3.63) is 59.4 Å². The highest BCUT2D eigenvalue weighted by Gasteiger charge is 2.32. The van der Waals surface area contributed by atoms with E-state index in [9.17, 15) is 22.4 Å². The van der Waals surface area contributed by atoms with Gasteiger partial charge in [0.1, 0.15) is 11.3 Å². The van der Waals surface area contributed by atoms with Crippen LogP contribution in [0.3, 0.4) is 0 Å². The van der Waals surface area contributed by atoms with E-state index in [1.165, 1.54) is 23.1 Å². The number of carbonyl (C=O) groups is 1. The van der Waals surface area contributed by atoms with Crippen molar-refractivity contribution in [1.29, 1.82) is 0 Å². The molecular formula is C19H17F4N3OS. The maximum absolute atomic E-state index is 14.0. The molecule has 0 aliphatic rings. The van der Waals surface area contributed by atoms with Crippen LogP contribution in [0, 0.1) is 5.82 Å². The predicted molar refractivity (Wildman–Crippen MR) is 101 cm³/mol. The Labute approximate surface area is 163 Å². The van der Waals surface area contributed by atoms with E-state index in [4.69, 9.17) is 0 Å². The first-order valence-electron chi connectivity index (χ1n) is 8.35. The Bertz CT molecular complexity index is 1000. The van der Waals surface area contributed by atoms with Crippen LogP contribution < -0.4 is 4.90 Å². The molecule has 0 N–H and O–H groups in total. The number of aromatic nitrogens is 1. The molecule has 0 atom stereocenters. The third-order valence-corrected chi connectivity index (χ3v) is 5.09. The predicted octanol–water partition coefficient (Wildman–Crippen LogP) is 4.66. The number of likely N-dealkylation sites (N-methyl/N-ethyl adjacent to an activating group) is 1. The lowest BCUT2D eigenvalue weighted by Gasteiger charge is -2.22. The van der Waals surface area contributed by atoms with E-state index in [1.807, 2.05) is 19.0 Å². The van der Waals surface area contributed by atoms with E-state index < -0.39 is 23.5 Å². The molecular weight excluding hydrogens is 394 g/mol. The summed E-state index contributed by atoms with van der Waals surface area (Å²) in [6.45, 7) is 0.659. The number of hydrogen-bond acceptors (Lipinski definition) is 4. The van der Waals surface area contributed by atoms with Crippen LogP contribution >= 0.6 is 11.3 Å². The summed E-state index contributed by atoms with van der Waals surface area (Å²) >= 11 is 1.12. The molecule has 3 aromatic rings. The Hall–Kier alpha value is -2.52. The van der Waals surface area contributed by atoms with E-state index in [1.54, 1.807) is 12.1 Å². The summed E-state index contributed by atoms with van der Waals surface area (Å²) in [7, 11) is 3.62. The van der Waals surface area contributed by atoms with Crippen LogP contribution in [0.15, 0.2) is 42.5 Å². The molecule has 0 aliphatic heterocycles. The molecule has 0 saturated carbocycles. The van der Waals surface area contributed by atoms with Crippen molar-refractivity contribution in [2.24, 2.45) is 0 Å². The Morgan fingerprint density at radius 2 is 1.82 bits per heavy atom. The van der Waals surface area contributed by atoms with Gasteiger partial charge in [-0.25, -0.2) is 9.37 Å². The lowest BCUT2D eigenvalue weighted by atomic mass is 10.1. The fraction of sp³-hybridized carbons (Fsp3) is 0.263. The number of fused-ring (bicyclic) bond motifs is 1. The van der Waals surface area contributed by atoms with Crippen LogP contribution in [0.4, 0.5) is 22.7 Å². The van der Waals surface area contributed by atoms with Crippen LogP contribution in [0.25, 0.3) is 10.2 Å². The number of thiazole rings is 1. The number of benzene rings is 2. The molecule has 28 heavy (non-hydrogen) atoms. The average Bonchev–Trinajstić information content (AvgIpc) is 3.06. The van der Waals surface area contributed by atoms with Crippen molar-refractivity contribution in [1.82, 2.24) is 9.88 Å². The molecule has 0 spiro atoms. The number of hydrogen-bond donors (Lipinski definition) is 0. The molecule has 4 nitrogen and oxygen atoms in total. The smallest absolute Gasteiger partial charge is 0.308 e. The fourth-order valence-electron chi connectivity index (χ4n) is 2.59. The second-order valence-electron chi connectivity index (χ2n) is 6.42. The maximum Gasteiger partial charge on any atom is 0.416 e. The van der Waals surface area contributed by atoms with Gasteiger partial charge in [0, 0.05) is 18.7 Å². The summed E-state index contributed by atoms with van der Waals surface area (Å²) in [6.07, 6.45) is -4.55. The van der Waals surface area contributed by atoms with Crippen molar-refractivity contribution >= 4 is 32.6 Å². The molecule has 148 valence electrons. The molecule has 0 unspecified atom stereocenters. The van der Waals surface area contributed by atoms with Crippen molar-refractivity contribution in [3.8, 4) is 0 Å². The molecule has 0 aliphatic carbocycles. The zero-order valence-electron chi connectivity index (χ0n) is 15.1. The lowest BCUT2D eigenvalue weighted by Crippen LogP contribution is -2.36. The Kier molecular flexibility index (Phi) is 5.66. The van der Waals surface area contributed by atoms with Gasteiger partial charge in [0.05, 0.1) is 10.3 Å². The van der Waals surface area contributed by atoms with Gasteiger partial charge in [-0.15, -0.1) is 0 Å². The first-order chi connectivity index (χ1) is 13.2. The SMILES string of the molecule is CN(C)CCN(C(=O)c1cccc(C(F)(F)F)c1)c1nc2c(F)cccc2s1. The maximum atomic E-state index is 14.0. The number of amides is 1. The number of halogens is 4. The van der Waals surface area contributed by atoms with Crippen molar-refractivity contribution in [2.45, 2.75) is 6.18 Å². The molecule has 2 aromatic carbocycles. The second kappa shape index (κ2) is 7.84. The lowest BCUT2D eigenvalue weighted by molar-refractivity contribution is -0.137.